The average Bonchev–Trinajstić information content (AvgIpc) is 2.43. The molecule has 0 saturated carbocycles. The van der Waals surface area contributed by atoms with Crippen LogP contribution in [0.15, 0.2) is 24.3 Å². The Labute approximate surface area is 113 Å². The van der Waals surface area contributed by atoms with Crippen LogP contribution >= 0.6 is 11.8 Å². The second-order valence-electron chi connectivity index (χ2n) is 4.49. The second-order valence-corrected chi connectivity index (χ2v) is 5.52. The van der Waals surface area contributed by atoms with E-state index in [9.17, 15) is 0 Å². The molecule has 1 aromatic rings. The molecule has 0 aromatic heterocycles. The van der Waals surface area contributed by atoms with Gasteiger partial charge < -0.3 is 14.8 Å². The first-order valence-electron chi connectivity index (χ1n) is 6.25. The summed E-state index contributed by atoms with van der Waals surface area (Å²) in [5.74, 6) is 2.25. The number of benzene rings is 1. The highest BCUT2D eigenvalue weighted by molar-refractivity contribution is 7.98. The van der Waals surface area contributed by atoms with Crippen molar-refractivity contribution in [3.05, 3.63) is 35.4 Å². The predicted octanol–water partition coefficient (Wildman–Crippen LogP) is 2.23. The Morgan fingerprint density at radius 2 is 2.22 bits per heavy atom. The van der Waals surface area contributed by atoms with Crippen molar-refractivity contribution in [3.8, 4) is 0 Å². The van der Waals surface area contributed by atoms with Crippen LogP contribution in [0.3, 0.4) is 0 Å². The van der Waals surface area contributed by atoms with E-state index in [0.717, 1.165) is 18.1 Å². The lowest BCUT2D eigenvalue weighted by Crippen LogP contribution is -2.36. The van der Waals surface area contributed by atoms with Crippen LogP contribution in [0.1, 0.15) is 17.2 Å². The molecule has 0 bridgehead atoms. The molecule has 0 aliphatic carbocycles. The normalized spacial score (nSPS) is 20.4. The van der Waals surface area contributed by atoms with E-state index in [4.69, 9.17) is 9.47 Å². The van der Waals surface area contributed by atoms with Gasteiger partial charge in [-0.2, -0.15) is 11.8 Å². The molecular formula is C14H21NO2S. The topological polar surface area (TPSA) is 30.5 Å². The fraction of sp³-hybridized carbons (Fsp3) is 0.571. The van der Waals surface area contributed by atoms with Crippen molar-refractivity contribution in [2.75, 3.05) is 33.1 Å². The van der Waals surface area contributed by atoms with Crippen molar-refractivity contribution in [2.45, 2.75) is 17.9 Å². The van der Waals surface area contributed by atoms with E-state index in [-0.39, 0.29) is 6.10 Å². The fourth-order valence-corrected chi connectivity index (χ4v) is 3.35. The number of ether oxygens (including phenoxy) is 2. The zero-order chi connectivity index (χ0) is 12.8. The molecule has 1 N–H and O–H groups in total. The minimum absolute atomic E-state index is 0.120. The van der Waals surface area contributed by atoms with E-state index < -0.39 is 0 Å². The van der Waals surface area contributed by atoms with Gasteiger partial charge in [-0.1, -0.05) is 24.3 Å². The largest absolute Gasteiger partial charge is 0.382 e. The van der Waals surface area contributed by atoms with Crippen molar-refractivity contribution in [1.82, 2.24) is 5.32 Å². The third kappa shape index (κ3) is 3.48. The number of rotatable bonds is 6. The Bertz CT molecular complexity index is 373. The summed E-state index contributed by atoms with van der Waals surface area (Å²) in [6.45, 7) is 1.45. The van der Waals surface area contributed by atoms with Crippen LogP contribution in [0.25, 0.3) is 0 Å². The zero-order valence-electron chi connectivity index (χ0n) is 11.0. The molecule has 4 heteroatoms. The maximum atomic E-state index is 5.38. The predicted molar refractivity (Wildman–Crippen MR) is 76.0 cm³/mol. The summed E-state index contributed by atoms with van der Waals surface area (Å²) in [7, 11) is 3.44. The summed E-state index contributed by atoms with van der Waals surface area (Å²) in [6.07, 6.45) is 0.120. The van der Waals surface area contributed by atoms with Gasteiger partial charge in [-0.3, -0.25) is 0 Å². The van der Waals surface area contributed by atoms with Crippen LogP contribution in [-0.4, -0.2) is 39.2 Å². The van der Waals surface area contributed by atoms with Crippen molar-refractivity contribution in [1.29, 1.82) is 0 Å². The summed E-state index contributed by atoms with van der Waals surface area (Å²) >= 11 is 1.98. The van der Waals surface area contributed by atoms with E-state index in [0.29, 0.717) is 12.6 Å². The molecule has 0 radical (unpaired) electrons. The highest BCUT2D eigenvalue weighted by atomic mass is 32.2. The quantitative estimate of drug-likeness (QED) is 0.856. The Kier molecular flexibility index (Phi) is 5.50. The Morgan fingerprint density at radius 3 is 3.00 bits per heavy atom. The lowest BCUT2D eigenvalue weighted by Gasteiger charge is -2.27. The van der Waals surface area contributed by atoms with Gasteiger partial charge in [-0.15, -0.1) is 0 Å². The van der Waals surface area contributed by atoms with E-state index in [1.165, 1.54) is 11.1 Å². The van der Waals surface area contributed by atoms with Crippen molar-refractivity contribution >= 4 is 11.8 Å². The molecule has 1 aliphatic rings. The molecule has 0 spiro atoms. The monoisotopic (exact) mass is 267 g/mol. The molecule has 1 heterocycles. The molecule has 100 valence electrons. The molecule has 1 aromatic carbocycles. The fourth-order valence-electron chi connectivity index (χ4n) is 2.22. The summed E-state index contributed by atoms with van der Waals surface area (Å²) in [5.41, 5.74) is 2.88. The van der Waals surface area contributed by atoms with E-state index >= 15 is 0 Å². The molecule has 0 fully saturated rings. The molecule has 2 atom stereocenters. The number of hydrogen-bond acceptors (Lipinski definition) is 4. The van der Waals surface area contributed by atoms with E-state index in [2.05, 4.69) is 29.6 Å². The van der Waals surface area contributed by atoms with E-state index in [1.807, 2.05) is 11.8 Å². The molecule has 2 unspecified atom stereocenters. The minimum atomic E-state index is 0.120. The third-order valence-electron chi connectivity index (χ3n) is 3.25. The SMILES string of the molecule is COCC(CNC1CSCc2ccccc21)OC. The van der Waals surface area contributed by atoms with Gasteiger partial charge in [-0.25, -0.2) is 0 Å². The van der Waals surface area contributed by atoms with Crippen LogP contribution in [0.2, 0.25) is 0 Å². The van der Waals surface area contributed by atoms with Gasteiger partial charge in [0.05, 0.1) is 12.7 Å². The Hall–Kier alpha value is -0.550. The van der Waals surface area contributed by atoms with E-state index in [1.54, 1.807) is 14.2 Å². The lowest BCUT2D eigenvalue weighted by atomic mass is 10.0. The molecular weight excluding hydrogens is 246 g/mol. The van der Waals surface area contributed by atoms with Crippen LogP contribution in [0, 0.1) is 0 Å². The summed E-state index contributed by atoms with van der Waals surface area (Å²) in [5, 5.41) is 3.59. The molecule has 18 heavy (non-hydrogen) atoms. The number of thioether (sulfide) groups is 1. The maximum absolute atomic E-state index is 5.38. The van der Waals surface area contributed by atoms with Gasteiger partial charge in [0.1, 0.15) is 0 Å². The van der Waals surface area contributed by atoms with Gasteiger partial charge >= 0.3 is 0 Å². The smallest absolute Gasteiger partial charge is 0.0928 e. The van der Waals surface area contributed by atoms with Crippen LogP contribution in [0.4, 0.5) is 0 Å². The number of fused-ring (bicyclic) bond motifs is 1. The first-order valence-corrected chi connectivity index (χ1v) is 7.41. The average molecular weight is 267 g/mol. The maximum Gasteiger partial charge on any atom is 0.0928 e. The molecule has 3 nitrogen and oxygen atoms in total. The third-order valence-corrected chi connectivity index (χ3v) is 4.33. The van der Waals surface area contributed by atoms with Crippen LogP contribution in [-0.2, 0) is 15.2 Å². The Balaban J connectivity index is 1.94. The molecule has 0 amide bonds. The highest BCUT2D eigenvalue weighted by Gasteiger charge is 2.20. The summed E-state index contributed by atoms with van der Waals surface area (Å²) in [4.78, 5) is 0. The first kappa shape index (κ1) is 13.9. The number of nitrogens with one attached hydrogen (secondary N) is 1. The van der Waals surface area contributed by atoms with Crippen LogP contribution in [0.5, 0.6) is 0 Å². The minimum Gasteiger partial charge on any atom is -0.382 e. The van der Waals surface area contributed by atoms with Crippen molar-refractivity contribution in [3.63, 3.8) is 0 Å². The van der Waals surface area contributed by atoms with Crippen molar-refractivity contribution < 1.29 is 9.47 Å². The van der Waals surface area contributed by atoms with Gasteiger partial charge in [0.25, 0.3) is 0 Å². The molecule has 1 aliphatic heterocycles. The molecule has 2 rings (SSSR count). The lowest BCUT2D eigenvalue weighted by molar-refractivity contribution is 0.0277. The van der Waals surface area contributed by atoms with Gasteiger partial charge in [0, 0.05) is 38.3 Å². The van der Waals surface area contributed by atoms with Crippen molar-refractivity contribution in [2.24, 2.45) is 0 Å². The summed E-state index contributed by atoms with van der Waals surface area (Å²) in [6, 6.07) is 9.11. The molecule has 0 saturated heterocycles. The Morgan fingerprint density at radius 1 is 1.39 bits per heavy atom. The van der Waals surface area contributed by atoms with Gasteiger partial charge in [0.15, 0.2) is 0 Å². The number of hydrogen-bond donors (Lipinski definition) is 1. The second kappa shape index (κ2) is 7.14. The van der Waals surface area contributed by atoms with Gasteiger partial charge in [-0.05, 0) is 11.1 Å². The highest BCUT2D eigenvalue weighted by Crippen LogP contribution is 2.31. The summed E-state index contributed by atoms with van der Waals surface area (Å²) < 4.78 is 10.5. The number of methoxy groups -OCH3 is 2. The first-order chi connectivity index (χ1) is 8.85. The zero-order valence-corrected chi connectivity index (χ0v) is 11.8. The van der Waals surface area contributed by atoms with Gasteiger partial charge in [0.2, 0.25) is 0 Å². The standard InChI is InChI=1S/C14H21NO2S/c1-16-8-12(17-2)7-15-14-10-18-9-11-5-3-4-6-13(11)14/h3-6,12,14-15H,7-10H2,1-2H3. The van der Waals surface area contributed by atoms with Crippen LogP contribution < -0.4 is 5.32 Å².